The maximum atomic E-state index is 14.0. The lowest BCUT2D eigenvalue weighted by Gasteiger charge is -2.06. The second-order valence-electron chi connectivity index (χ2n) is 4.69. The minimum atomic E-state index is -0.409. The molecule has 3 rings (SSSR count). The van der Waals surface area contributed by atoms with Gasteiger partial charge in [-0.1, -0.05) is 42.5 Å². The van der Waals surface area contributed by atoms with Crippen LogP contribution in [0, 0.1) is 17.1 Å². The Morgan fingerprint density at radius 1 is 0.952 bits per heavy atom. The molecule has 0 aliphatic heterocycles. The highest BCUT2D eigenvalue weighted by molar-refractivity contribution is 7.98. The van der Waals surface area contributed by atoms with Crippen LogP contribution in [0.1, 0.15) is 11.1 Å². The molecule has 0 atom stereocenters. The molecule has 3 aromatic rings. The number of rotatable bonds is 3. The molecule has 0 saturated heterocycles. The number of thioether (sulfide) groups is 1. The Labute approximate surface area is 127 Å². The zero-order chi connectivity index (χ0) is 14.7. The van der Waals surface area contributed by atoms with Gasteiger partial charge in [-0.2, -0.15) is 5.26 Å². The Morgan fingerprint density at radius 2 is 1.76 bits per heavy atom. The third-order valence-corrected chi connectivity index (χ3v) is 4.36. The Kier molecular flexibility index (Phi) is 3.89. The molecule has 0 radical (unpaired) electrons. The summed E-state index contributed by atoms with van der Waals surface area (Å²) in [5.74, 6) is 0.105. The molecule has 102 valence electrons. The number of fused-ring (bicyclic) bond motifs is 1. The van der Waals surface area contributed by atoms with Crippen LogP contribution in [0.2, 0.25) is 0 Å². The van der Waals surface area contributed by atoms with Crippen molar-refractivity contribution < 1.29 is 4.39 Å². The average Bonchev–Trinajstić information content (AvgIpc) is 2.54. The standard InChI is InChI=1S/C18H12FNS/c19-18-15(11-20)6-3-7-16(18)12-21-17-9-8-13-4-1-2-5-14(13)10-17/h1-10H,12H2. The molecule has 0 saturated carbocycles. The maximum Gasteiger partial charge on any atom is 0.144 e. The van der Waals surface area contributed by atoms with Gasteiger partial charge in [0, 0.05) is 10.6 Å². The van der Waals surface area contributed by atoms with Gasteiger partial charge in [0.25, 0.3) is 0 Å². The second-order valence-corrected chi connectivity index (χ2v) is 5.74. The zero-order valence-corrected chi connectivity index (χ0v) is 12.0. The number of nitriles is 1. The molecule has 0 fully saturated rings. The molecule has 0 N–H and O–H groups in total. The molecule has 0 aliphatic carbocycles. The third-order valence-electron chi connectivity index (χ3n) is 3.31. The van der Waals surface area contributed by atoms with Crippen molar-refractivity contribution >= 4 is 22.5 Å². The van der Waals surface area contributed by atoms with Crippen molar-refractivity contribution in [1.29, 1.82) is 5.26 Å². The van der Waals surface area contributed by atoms with Crippen LogP contribution in [0.5, 0.6) is 0 Å². The van der Waals surface area contributed by atoms with Gasteiger partial charge in [0.15, 0.2) is 0 Å². The van der Waals surface area contributed by atoms with Crippen molar-refractivity contribution in [3.05, 3.63) is 77.6 Å². The van der Waals surface area contributed by atoms with Gasteiger partial charge in [-0.3, -0.25) is 0 Å². The Morgan fingerprint density at radius 3 is 2.57 bits per heavy atom. The van der Waals surface area contributed by atoms with Crippen molar-refractivity contribution in [1.82, 2.24) is 0 Å². The monoisotopic (exact) mass is 293 g/mol. The number of hydrogen-bond donors (Lipinski definition) is 0. The highest BCUT2D eigenvalue weighted by Crippen LogP contribution is 2.27. The maximum absolute atomic E-state index is 14.0. The first-order valence-corrected chi connectivity index (χ1v) is 7.55. The molecule has 3 aromatic carbocycles. The summed E-state index contributed by atoms with van der Waals surface area (Å²) in [6.45, 7) is 0. The van der Waals surface area contributed by atoms with E-state index < -0.39 is 5.82 Å². The minimum absolute atomic E-state index is 0.103. The van der Waals surface area contributed by atoms with E-state index in [0.29, 0.717) is 11.3 Å². The molecule has 0 bridgehead atoms. The van der Waals surface area contributed by atoms with E-state index in [-0.39, 0.29) is 5.56 Å². The smallest absolute Gasteiger partial charge is 0.144 e. The lowest BCUT2D eigenvalue weighted by Crippen LogP contribution is -1.91. The molecule has 0 heterocycles. The van der Waals surface area contributed by atoms with Crippen molar-refractivity contribution in [2.75, 3.05) is 0 Å². The zero-order valence-electron chi connectivity index (χ0n) is 11.2. The lowest BCUT2D eigenvalue weighted by atomic mass is 10.1. The number of halogens is 1. The highest BCUT2D eigenvalue weighted by atomic mass is 32.2. The summed E-state index contributed by atoms with van der Waals surface area (Å²) < 4.78 is 14.0. The minimum Gasteiger partial charge on any atom is -0.205 e. The summed E-state index contributed by atoms with van der Waals surface area (Å²) in [6, 6.07) is 21.2. The van der Waals surface area contributed by atoms with Crippen LogP contribution in [-0.2, 0) is 5.75 Å². The summed E-state index contributed by atoms with van der Waals surface area (Å²) in [7, 11) is 0. The Balaban J connectivity index is 1.82. The van der Waals surface area contributed by atoms with Gasteiger partial charge in [-0.15, -0.1) is 11.8 Å². The summed E-state index contributed by atoms with van der Waals surface area (Å²) in [6.07, 6.45) is 0. The van der Waals surface area contributed by atoms with E-state index in [0.717, 1.165) is 4.90 Å². The van der Waals surface area contributed by atoms with Crippen LogP contribution < -0.4 is 0 Å². The molecule has 21 heavy (non-hydrogen) atoms. The second kappa shape index (κ2) is 5.99. The summed E-state index contributed by atoms with van der Waals surface area (Å²) in [4.78, 5) is 1.09. The topological polar surface area (TPSA) is 23.8 Å². The summed E-state index contributed by atoms with van der Waals surface area (Å²) in [5, 5.41) is 11.2. The lowest BCUT2D eigenvalue weighted by molar-refractivity contribution is 0.613. The van der Waals surface area contributed by atoms with Crippen LogP contribution in [-0.4, -0.2) is 0 Å². The van der Waals surface area contributed by atoms with Crippen LogP contribution in [0.25, 0.3) is 10.8 Å². The fourth-order valence-corrected chi connectivity index (χ4v) is 3.12. The van der Waals surface area contributed by atoms with Gasteiger partial charge < -0.3 is 0 Å². The van der Waals surface area contributed by atoms with Crippen LogP contribution in [0.3, 0.4) is 0 Å². The average molecular weight is 293 g/mol. The van der Waals surface area contributed by atoms with Crippen LogP contribution >= 0.6 is 11.8 Å². The van der Waals surface area contributed by atoms with E-state index in [2.05, 4.69) is 24.3 Å². The molecule has 0 unspecified atom stereocenters. The van der Waals surface area contributed by atoms with Gasteiger partial charge in [0.05, 0.1) is 5.56 Å². The van der Waals surface area contributed by atoms with E-state index in [1.165, 1.54) is 16.8 Å². The van der Waals surface area contributed by atoms with Gasteiger partial charge >= 0.3 is 0 Å². The molecule has 1 nitrogen and oxygen atoms in total. The molecular formula is C18H12FNS. The molecular weight excluding hydrogens is 281 g/mol. The van der Waals surface area contributed by atoms with E-state index >= 15 is 0 Å². The van der Waals surface area contributed by atoms with Gasteiger partial charge in [-0.25, -0.2) is 4.39 Å². The molecule has 0 aromatic heterocycles. The van der Waals surface area contributed by atoms with Crippen molar-refractivity contribution in [2.45, 2.75) is 10.6 Å². The SMILES string of the molecule is N#Cc1cccc(CSc2ccc3ccccc3c2)c1F. The normalized spacial score (nSPS) is 10.5. The first-order chi connectivity index (χ1) is 10.3. The molecule has 0 amide bonds. The largest absolute Gasteiger partial charge is 0.205 e. The molecule has 0 spiro atoms. The van der Waals surface area contributed by atoms with E-state index in [1.54, 1.807) is 23.9 Å². The molecule has 0 aliphatic rings. The highest BCUT2D eigenvalue weighted by Gasteiger charge is 2.08. The summed E-state index contributed by atoms with van der Waals surface area (Å²) in [5.41, 5.74) is 0.666. The van der Waals surface area contributed by atoms with Crippen molar-refractivity contribution in [2.24, 2.45) is 0 Å². The predicted molar refractivity (Wildman–Crippen MR) is 84.6 cm³/mol. The van der Waals surface area contributed by atoms with Crippen molar-refractivity contribution in [3.63, 3.8) is 0 Å². The Hall–Kier alpha value is -2.31. The predicted octanol–water partition coefficient (Wildman–Crippen LogP) is 5.14. The first kappa shape index (κ1) is 13.7. The van der Waals surface area contributed by atoms with E-state index in [9.17, 15) is 4.39 Å². The van der Waals surface area contributed by atoms with E-state index in [1.807, 2.05) is 24.3 Å². The molecule has 3 heteroatoms. The fourth-order valence-electron chi connectivity index (χ4n) is 2.20. The quantitative estimate of drug-likeness (QED) is 0.624. The van der Waals surface area contributed by atoms with Crippen LogP contribution in [0.15, 0.2) is 65.6 Å². The van der Waals surface area contributed by atoms with Gasteiger partial charge in [0.1, 0.15) is 11.9 Å². The van der Waals surface area contributed by atoms with Gasteiger partial charge in [0.2, 0.25) is 0 Å². The third kappa shape index (κ3) is 2.91. The Bertz CT molecular complexity index is 836. The van der Waals surface area contributed by atoms with Gasteiger partial charge in [-0.05, 0) is 34.5 Å². The van der Waals surface area contributed by atoms with E-state index in [4.69, 9.17) is 5.26 Å². The van der Waals surface area contributed by atoms with Crippen LogP contribution in [0.4, 0.5) is 4.39 Å². The summed E-state index contributed by atoms with van der Waals surface area (Å²) >= 11 is 1.57. The fraction of sp³-hybridized carbons (Fsp3) is 0.0556. The number of nitrogens with zero attached hydrogens (tertiary/aromatic N) is 1. The van der Waals surface area contributed by atoms with Crippen molar-refractivity contribution in [3.8, 4) is 6.07 Å². The number of benzene rings is 3. The first-order valence-electron chi connectivity index (χ1n) is 6.57. The number of hydrogen-bond acceptors (Lipinski definition) is 2.